The van der Waals surface area contributed by atoms with E-state index in [4.69, 9.17) is 4.74 Å². The van der Waals surface area contributed by atoms with Gasteiger partial charge in [-0.2, -0.15) is 0 Å². The van der Waals surface area contributed by atoms with E-state index in [0.29, 0.717) is 18.9 Å². The average molecular weight is 697 g/mol. The number of piperazine rings is 1. The van der Waals surface area contributed by atoms with Crippen molar-refractivity contribution in [2.45, 2.75) is 135 Å². The Morgan fingerprint density at radius 3 is 2.37 bits per heavy atom. The molecule has 3 saturated heterocycles. The number of rotatable bonds is 10. The van der Waals surface area contributed by atoms with Gasteiger partial charge in [0.25, 0.3) is 0 Å². The zero-order valence-corrected chi connectivity index (χ0v) is 29.3. The maximum absolute atomic E-state index is 16.0. The van der Waals surface area contributed by atoms with Gasteiger partial charge in [0.15, 0.2) is 16.0 Å². The summed E-state index contributed by atoms with van der Waals surface area (Å²) in [6, 6.07) is -1.09. The van der Waals surface area contributed by atoms with Crippen molar-refractivity contribution in [3.63, 3.8) is 0 Å². The van der Waals surface area contributed by atoms with E-state index in [0.717, 1.165) is 32.6 Å². The number of likely N-dealkylation sites (N-methyl/N-ethyl adjacent to an activating group) is 1. The van der Waals surface area contributed by atoms with E-state index in [1.807, 2.05) is 0 Å². The molecule has 12 atom stereocenters. The van der Waals surface area contributed by atoms with E-state index in [-0.39, 0.29) is 55.8 Å². The highest BCUT2D eigenvalue weighted by molar-refractivity contribution is 8.00. The van der Waals surface area contributed by atoms with Crippen molar-refractivity contribution >= 4 is 21.6 Å². The Bertz CT molecular complexity index is 1150. The van der Waals surface area contributed by atoms with E-state index in [1.165, 1.54) is 25.6 Å². The predicted octanol–water partition coefficient (Wildman–Crippen LogP) is 1.15. The molecular formula is C29H54F2N8O5S2. The van der Waals surface area contributed by atoms with Crippen molar-refractivity contribution in [3.8, 4) is 0 Å². The number of nitrogens with zero attached hydrogens (tertiary/aromatic N) is 3. The van der Waals surface area contributed by atoms with E-state index in [1.54, 1.807) is 7.11 Å². The molecule has 17 heteroatoms. The quantitative estimate of drug-likeness (QED) is 0.164. The Kier molecular flexibility index (Phi) is 11.9. The van der Waals surface area contributed by atoms with Gasteiger partial charge in [-0.1, -0.05) is 0 Å². The molecule has 0 radical (unpaired) electrons. The smallest absolute Gasteiger partial charge is 0.244 e. The number of thioether (sulfide) groups is 1. The first-order chi connectivity index (χ1) is 21.7. The predicted molar refractivity (Wildman–Crippen MR) is 175 cm³/mol. The van der Waals surface area contributed by atoms with Crippen molar-refractivity contribution in [1.82, 2.24) is 36.6 Å². The van der Waals surface area contributed by atoms with Crippen molar-refractivity contribution < 1.29 is 26.9 Å². The van der Waals surface area contributed by atoms with Gasteiger partial charge in [0.1, 0.15) is 17.8 Å². The highest BCUT2D eigenvalue weighted by Crippen LogP contribution is 2.45. The van der Waals surface area contributed by atoms with Crippen LogP contribution in [-0.2, 0) is 14.6 Å². The third-order valence-electron chi connectivity index (χ3n) is 11.0. The number of methoxy groups -OCH3 is 1. The fourth-order valence-corrected chi connectivity index (χ4v) is 11.8. The van der Waals surface area contributed by atoms with Crippen LogP contribution in [0.25, 0.3) is 0 Å². The normalized spacial score (nSPS) is 42.2. The Balaban J connectivity index is 1.26. The molecule has 13 nitrogen and oxygen atoms in total. The number of hydrogen-bond donors (Lipinski definition) is 5. The molecule has 46 heavy (non-hydrogen) atoms. The largest absolute Gasteiger partial charge is 0.375 e. The molecule has 3 heterocycles. The lowest BCUT2D eigenvalue weighted by molar-refractivity contribution is -0.536. The molecule has 5 rings (SSSR count). The van der Waals surface area contributed by atoms with Gasteiger partial charge in [-0.05, 0) is 66.3 Å². The summed E-state index contributed by atoms with van der Waals surface area (Å²) in [6.07, 6.45) is -1.70. The van der Waals surface area contributed by atoms with E-state index in [9.17, 15) is 18.5 Å². The van der Waals surface area contributed by atoms with Crippen LogP contribution in [0.15, 0.2) is 0 Å². The third kappa shape index (κ3) is 7.68. The molecule has 0 spiro atoms. The molecule has 0 aromatic rings. The molecule has 3 aliphatic heterocycles. The van der Waals surface area contributed by atoms with Crippen LogP contribution in [0.5, 0.6) is 0 Å². The second kappa shape index (κ2) is 15.0. The second-order valence-electron chi connectivity index (χ2n) is 14.4. The van der Waals surface area contributed by atoms with Crippen molar-refractivity contribution in [3.05, 3.63) is 10.1 Å². The van der Waals surface area contributed by atoms with Gasteiger partial charge >= 0.3 is 0 Å². The number of hydrogen-bond acceptors (Lipinski definition) is 13. The minimum absolute atomic E-state index is 0.0219. The zero-order chi connectivity index (χ0) is 33.4. The van der Waals surface area contributed by atoms with Crippen LogP contribution < -0.4 is 26.8 Å². The molecule has 0 amide bonds. The van der Waals surface area contributed by atoms with Crippen molar-refractivity contribution in [1.29, 1.82) is 0 Å². The lowest BCUT2D eigenvalue weighted by Crippen LogP contribution is -2.75. The number of ether oxygens (including phenoxy) is 1. The monoisotopic (exact) mass is 696 g/mol. The number of sulfone groups is 1. The molecule has 5 aliphatic rings. The summed E-state index contributed by atoms with van der Waals surface area (Å²) in [5.41, 5.74) is 6.22. The summed E-state index contributed by atoms with van der Waals surface area (Å²) in [5, 5.41) is 21.0. The minimum atomic E-state index is -3.99. The fraction of sp³-hybridized carbons (Fsp3) is 1.00. The molecule has 5 fully saturated rings. The molecule has 0 aromatic heterocycles. The van der Waals surface area contributed by atoms with Gasteiger partial charge < -0.3 is 9.64 Å². The summed E-state index contributed by atoms with van der Waals surface area (Å²) in [4.78, 5) is 15.5. The van der Waals surface area contributed by atoms with E-state index in [2.05, 4.69) is 50.6 Å². The maximum Gasteiger partial charge on any atom is 0.244 e. The number of hydrazine groups is 1. The Morgan fingerprint density at radius 1 is 1.04 bits per heavy atom. The summed E-state index contributed by atoms with van der Waals surface area (Å²) in [6.45, 7) is 8.65. The van der Waals surface area contributed by atoms with Crippen molar-refractivity contribution in [2.75, 3.05) is 40.3 Å². The maximum atomic E-state index is 16.0. The Hall–Kier alpha value is -0.760. The van der Waals surface area contributed by atoms with Gasteiger partial charge in [-0.25, -0.2) is 22.6 Å². The number of alkyl halides is 2. The third-order valence-corrected chi connectivity index (χ3v) is 15.5. The second-order valence-corrected chi connectivity index (χ2v) is 18.6. The van der Waals surface area contributed by atoms with Crippen LogP contribution in [-0.4, -0.2) is 133 Å². The molecule has 2 aliphatic carbocycles. The van der Waals surface area contributed by atoms with Crippen LogP contribution in [0.4, 0.5) is 8.78 Å². The summed E-state index contributed by atoms with van der Waals surface area (Å²) < 4.78 is 63.7. The molecule has 12 unspecified atom stereocenters. The highest BCUT2D eigenvalue weighted by Gasteiger charge is 2.55. The van der Waals surface area contributed by atoms with Crippen molar-refractivity contribution in [2.24, 2.45) is 5.92 Å². The first kappa shape index (κ1) is 36.5. The van der Waals surface area contributed by atoms with Crippen LogP contribution in [0, 0.1) is 16.0 Å². The lowest BCUT2D eigenvalue weighted by Gasteiger charge is -2.50. The van der Waals surface area contributed by atoms with E-state index >= 15 is 8.78 Å². The average Bonchev–Trinajstić information content (AvgIpc) is 3.42. The van der Waals surface area contributed by atoms with Gasteiger partial charge in [-0.15, -0.1) is 11.8 Å². The zero-order valence-electron chi connectivity index (χ0n) is 27.7. The molecule has 0 aromatic carbocycles. The summed E-state index contributed by atoms with van der Waals surface area (Å²) >= 11 is 1.45. The minimum Gasteiger partial charge on any atom is -0.375 e. The number of nitrogens with one attached hydrogen (secondary N) is 5. The Morgan fingerprint density at radius 2 is 1.76 bits per heavy atom. The van der Waals surface area contributed by atoms with Crippen LogP contribution >= 0.6 is 11.8 Å². The van der Waals surface area contributed by atoms with Gasteiger partial charge in [0, 0.05) is 61.8 Å². The molecular weight excluding hydrogens is 642 g/mol. The summed E-state index contributed by atoms with van der Waals surface area (Å²) in [7, 11) is -0.175. The standard InChI is InChI=1S/C29H54F2N8O5S2/c1-17-15-23(36-35-17)32-26-25(44-5)27(38-13-11-37(4)12-14-38)34-28(33-26)45-22-10-9-18(16-20(22)30)46(42,43)29(2,3)19-7-6-8-21(24(19)31)39(40)41/h17-28,32-36H,6-16H2,1-5H3. The molecule has 2 saturated carbocycles. The number of nitro groups is 1. The molecule has 0 bridgehead atoms. The van der Waals surface area contributed by atoms with Gasteiger partial charge in [0.2, 0.25) is 6.04 Å². The topological polar surface area (TPSA) is 153 Å². The first-order valence-corrected chi connectivity index (χ1v) is 19.3. The van der Waals surface area contributed by atoms with Crippen LogP contribution in [0.3, 0.4) is 0 Å². The van der Waals surface area contributed by atoms with E-state index < -0.39 is 54.3 Å². The highest BCUT2D eigenvalue weighted by atomic mass is 32.2. The van der Waals surface area contributed by atoms with Gasteiger partial charge in [-0.3, -0.25) is 36.4 Å². The van der Waals surface area contributed by atoms with Crippen LogP contribution in [0.1, 0.15) is 65.7 Å². The molecule has 5 N–H and O–H groups in total. The molecule has 266 valence electrons. The Labute approximate surface area is 276 Å². The SMILES string of the molecule is COC1C(NC2CC(C)NN2)NC(SC2CCC(S(=O)(=O)C(C)(C)C3CCCC([N+](=O)[O-])C3F)CC2F)NC1N1CCN(C)CC1. The first-order valence-electron chi connectivity index (χ1n) is 16.8. The number of halogens is 2. The summed E-state index contributed by atoms with van der Waals surface area (Å²) in [5.74, 6) is -1.00. The van der Waals surface area contributed by atoms with Crippen LogP contribution in [0.2, 0.25) is 0 Å². The van der Waals surface area contributed by atoms with Gasteiger partial charge in [0.05, 0.1) is 28.5 Å². The lowest BCUT2D eigenvalue weighted by atomic mass is 9.77. The fourth-order valence-electron chi connectivity index (χ4n) is 8.07.